The van der Waals surface area contributed by atoms with Crippen LogP contribution in [0.15, 0.2) is 22.7 Å². The van der Waals surface area contributed by atoms with E-state index in [9.17, 15) is 0 Å². The van der Waals surface area contributed by atoms with Gasteiger partial charge in [0.2, 0.25) is 0 Å². The Morgan fingerprint density at radius 3 is 2.42 bits per heavy atom. The van der Waals surface area contributed by atoms with Gasteiger partial charge in [0.15, 0.2) is 0 Å². The van der Waals surface area contributed by atoms with E-state index in [0.717, 1.165) is 56.1 Å². The van der Waals surface area contributed by atoms with Crippen LogP contribution in [0, 0.1) is 0 Å². The smallest absolute Gasteiger partial charge is 0.414 e. The van der Waals surface area contributed by atoms with Gasteiger partial charge in [-0.3, -0.25) is 4.90 Å². The van der Waals surface area contributed by atoms with Gasteiger partial charge < -0.3 is 19.7 Å². The fourth-order valence-electron chi connectivity index (χ4n) is 1.89. The zero-order valence-corrected chi connectivity index (χ0v) is 15.3. The Morgan fingerprint density at radius 1 is 1.25 bits per heavy atom. The summed E-state index contributed by atoms with van der Waals surface area (Å²) in [6, 6.07) is 5.57. The normalized spacial score (nSPS) is 14.4. The van der Waals surface area contributed by atoms with Crippen LogP contribution in [-0.4, -0.2) is 66.5 Å². The molecule has 2 rings (SSSR count). The summed E-state index contributed by atoms with van der Waals surface area (Å²) < 4.78 is 11.9. The Hall–Kier alpha value is -1.35. The van der Waals surface area contributed by atoms with Crippen molar-refractivity contribution >= 4 is 39.5 Å². The van der Waals surface area contributed by atoms with Gasteiger partial charge in [-0.05, 0) is 40.5 Å². The van der Waals surface area contributed by atoms with Crippen molar-refractivity contribution in [3.8, 4) is 5.75 Å². The molecule has 0 aromatic heterocycles. The highest BCUT2D eigenvalue weighted by Gasteiger charge is 2.09. The molecule has 1 aliphatic heterocycles. The summed E-state index contributed by atoms with van der Waals surface area (Å²) in [6.07, 6.45) is 1.02. The number of rotatable bonds is 5. The Morgan fingerprint density at radius 2 is 1.88 bits per heavy atom. The molecule has 0 radical (unpaired) electrons. The third-order valence-electron chi connectivity index (χ3n) is 3.06. The number of carbonyl (C=O) groups is 2. The largest absolute Gasteiger partial charge is 0.492 e. The number of halogens is 2. The average molecular weight is 425 g/mol. The van der Waals surface area contributed by atoms with Crippen molar-refractivity contribution in [1.29, 1.82) is 0 Å². The number of carboxylic acid groups (broad SMARTS) is 2. The first-order chi connectivity index (χ1) is 11.4. The summed E-state index contributed by atoms with van der Waals surface area (Å²) in [5.41, 5.74) is 0. The minimum absolute atomic E-state index is 0.711. The summed E-state index contributed by atoms with van der Waals surface area (Å²) in [7, 11) is 0. The van der Waals surface area contributed by atoms with Crippen molar-refractivity contribution in [2.45, 2.75) is 6.42 Å². The van der Waals surface area contributed by atoms with Crippen molar-refractivity contribution in [1.82, 2.24) is 4.90 Å². The van der Waals surface area contributed by atoms with Gasteiger partial charge in [0.05, 0.1) is 24.3 Å². The molecule has 24 heavy (non-hydrogen) atoms. The Labute approximate surface area is 153 Å². The van der Waals surface area contributed by atoms with Crippen LogP contribution >= 0.6 is 27.5 Å². The van der Waals surface area contributed by atoms with Crippen molar-refractivity contribution in [3.63, 3.8) is 0 Å². The molecule has 134 valence electrons. The molecule has 1 fully saturated rings. The molecule has 2 N–H and O–H groups in total. The molecule has 0 unspecified atom stereocenters. The number of aliphatic carboxylic acids is 2. The number of hydrogen-bond donors (Lipinski definition) is 2. The molecule has 1 aliphatic rings. The van der Waals surface area contributed by atoms with Crippen LogP contribution in [0.2, 0.25) is 5.02 Å². The number of morpholine rings is 1. The molecule has 0 saturated carbocycles. The molecule has 0 atom stereocenters. The van der Waals surface area contributed by atoms with Gasteiger partial charge in [0.25, 0.3) is 0 Å². The Kier molecular flexibility index (Phi) is 9.70. The fourth-order valence-corrected chi connectivity index (χ4v) is 2.68. The lowest BCUT2D eigenvalue weighted by molar-refractivity contribution is -0.159. The lowest BCUT2D eigenvalue weighted by Crippen LogP contribution is -2.37. The van der Waals surface area contributed by atoms with Gasteiger partial charge in [-0.2, -0.15) is 0 Å². The third kappa shape index (κ3) is 8.49. The van der Waals surface area contributed by atoms with E-state index in [1.165, 1.54) is 0 Å². The highest BCUT2D eigenvalue weighted by Crippen LogP contribution is 2.27. The minimum atomic E-state index is -1.82. The predicted octanol–water partition coefficient (Wildman–Crippen LogP) is 2.36. The SMILES string of the molecule is Clc1ccc(OCCCN2CCOCC2)c(Br)c1.O=C(O)C(=O)O. The Bertz CT molecular complexity index is 539. The van der Waals surface area contributed by atoms with Crippen molar-refractivity contribution < 1.29 is 29.3 Å². The highest BCUT2D eigenvalue weighted by atomic mass is 79.9. The van der Waals surface area contributed by atoms with E-state index in [4.69, 9.17) is 40.9 Å². The molecule has 0 amide bonds. The summed E-state index contributed by atoms with van der Waals surface area (Å²) in [6.45, 7) is 5.55. The summed E-state index contributed by atoms with van der Waals surface area (Å²) >= 11 is 9.32. The van der Waals surface area contributed by atoms with Crippen molar-refractivity contribution in [2.24, 2.45) is 0 Å². The quantitative estimate of drug-likeness (QED) is 0.553. The summed E-state index contributed by atoms with van der Waals surface area (Å²) in [5.74, 6) is -2.80. The predicted molar refractivity (Wildman–Crippen MR) is 91.8 cm³/mol. The van der Waals surface area contributed by atoms with Crippen LogP contribution in [0.4, 0.5) is 0 Å². The van der Waals surface area contributed by atoms with E-state index < -0.39 is 11.9 Å². The number of benzene rings is 1. The maximum Gasteiger partial charge on any atom is 0.414 e. The van der Waals surface area contributed by atoms with Gasteiger partial charge in [-0.1, -0.05) is 11.6 Å². The molecule has 0 aliphatic carbocycles. The van der Waals surface area contributed by atoms with Crippen LogP contribution in [0.5, 0.6) is 5.75 Å². The number of nitrogens with zero attached hydrogens (tertiary/aromatic N) is 1. The second-order valence-electron chi connectivity index (χ2n) is 4.84. The standard InChI is InChI=1S/C13H17BrClNO2.C2H2O4/c14-12-10-11(15)2-3-13(12)18-7-1-4-16-5-8-17-9-6-16;3-1(4)2(5)6/h2-3,10H,1,4-9H2;(H,3,4)(H,5,6). The summed E-state index contributed by atoms with van der Waals surface area (Å²) in [5, 5.41) is 15.5. The molecular weight excluding hydrogens is 406 g/mol. The van der Waals surface area contributed by atoms with E-state index in [2.05, 4.69) is 20.8 Å². The van der Waals surface area contributed by atoms with E-state index in [1.807, 2.05) is 18.2 Å². The zero-order valence-electron chi connectivity index (χ0n) is 12.9. The summed E-state index contributed by atoms with van der Waals surface area (Å²) in [4.78, 5) is 20.6. The van der Waals surface area contributed by atoms with Crippen LogP contribution in [0.1, 0.15) is 6.42 Å². The second-order valence-corrected chi connectivity index (χ2v) is 6.13. The fraction of sp³-hybridized carbons (Fsp3) is 0.467. The first kappa shape index (κ1) is 20.7. The minimum Gasteiger partial charge on any atom is -0.492 e. The maximum atomic E-state index is 9.10. The van der Waals surface area contributed by atoms with Gasteiger partial charge in [0.1, 0.15) is 5.75 Å². The number of ether oxygens (including phenoxy) is 2. The molecule has 1 saturated heterocycles. The average Bonchev–Trinajstić information content (AvgIpc) is 2.54. The van der Waals surface area contributed by atoms with E-state index >= 15 is 0 Å². The molecule has 7 nitrogen and oxygen atoms in total. The monoisotopic (exact) mass is 423 g/mol. The lowest BCUT2D eigenvalue weighted by Gasteiger charge is -2.26. The van der Waals surface area contributed by atoms with E-state index in [0.29, 0.717) is 5.02 Å². The van der Waals surface area contributed by atoms with Crippen molar-refractivity contribution in [2.75, 3.05) is 39.5 Å². The molecule has 0 spiro atoms. The molecule has 1 aromatic carbocycles. The van der Waals surface area contributed by atoms with Crippen LogP contribution in [0.3, 0.4) is 0 Å². The van der Waals surface area contributed by atoms with E-state index in [-0.39, 0.29) is 0 Å². The number of hydrogen-bond acceptors (Lipinski definition) is 5. The van der Waals surface area contributed by atoms with Crippen LogP contribution < -0.4 is 4.74 Å². The van der Waals surface area contributed by atoms with Gasteiger partial charge >= 0.3 is 11.9 Å². The topological polar surface area (TPSA) is 96.3 Å². The maximum absolute atomic E-state index is 9.10. The van der Waals surface area contributed by atoms with Gasteiger partial charge in [0, 0.05) is 24.7 Å². The highest BCUT2D eigenvalue weighted by molar-refractivity contribution is 9.10. The lowest BCUT2D eigenvalue weighted by atomic mass is 10.3. The first-order valence-corrected chi connectivity index (χ1v) is 8.41. The van der Waals surface area contributed by atoms with Crippen LogP contribution in [-0.2, 0) is 14.3 Å². The molecule has 0 bridgehead atoms. The van der Waals surface area contributed by atoms with Crippen LogP contribution in [0.25, 0.3) is 0 Å². The van der Waals surface area contributed by atoms with Crippen molar-refractivity contribution in [3.05, 3.63) is 27.7 Å². The molecule has 9 heteroatoms. The first-order valence-electron chi connectivity index (χ1n) is 7.24. The van der Waals surface area contributed by atoms with Gasteiger partial charge in [-0.15, -0.1) is 0 Å². The zero-order chi connectivity index (χ0) is 17.9. The van der Waals surface area contributed by atoms with Gasteiger partial charge in [-0.25, -0.2) is 9.59 Å². The number of carboxylic acids is 2. The Balaban J connectivity index is 0.000000413. The molecule has 1 heterocycles. The van der Waals surface area contributed by atoms with E-state index in [1.54, 1.807) is 0 Å². The third-order valence-corrected chi connectivity index (χ3v) is 3.91. The molecular formula is C15H19BrClNO6. The second kappa shape index (κ2) is 11.2. The molecule has 1 aromatic rings.